The maximum atomic E-state index is 9.72. The van der Waals surface area contributed by atoms with E-state index in [1.165, 1.54) is 43.8 Å². The normalized spacial score (nSPS) is 13.8. The quantitative estimate of drug-likeness (QED) is 0.155. The molecule has 0 fully saturated rings. The molecule has 0 bridgehead atoms. The van der Waals surface area contributed by atoms with E-state index in [1.807, 2.05) is 0 Å². The van der Waals surface area contributed by atoms with E-state index in [9.17, 15) is 1.37 Å². The number of para-hydroxylation sites is 7. The fourth-order valence-electron chi connectivity index (χ4n) is 16.0. The van der Waals surface area contributed by atoms with Gasteiger partial charge in [-0.25, -0.2) is 0 Å². The van der Waals surface area contributed by atoms with Gasteiger partial charge in [0.15, 0.2) is 5.58 Å². The molecule has 6 nitrogen and oxygen atoms in total. The predicted molar refractivity (Wildman–Crippen MR) is 396 cm³/mol. The molecule has 446 valence electrons. The first kappa shape index (κ1) is 53.5. The fraction of sp³-hybridized carbons (Fsp3) is 0.0930. The van der Waals surface area contributed by atoms with Crippen molar-refractivity contribution in [2.24, 2.45) is 0 Å². The van der Waals surface area contributed by atoms with E-state index >= 15 is 0 Å². The van der Waals surface area contributed by atoms with Gasteiger partial charge in [-0.2, -0.15) is 0 Å². The molecule has 0 atom stereocenters. The zero-order valence-corrected chi connectivity index (χ0v) is 53.2. The van der Waals surface area contributed by atoms with Gasteiger partial charge >= 0.3 is 0 Å². The molecule has 6 heterocycles. The van der Waals surface area contributed by atoms with Crippen molar-refractivity contribution in [1.29, 1.82) is 0 Å². The zero-order valence-electron chi connectivity index (χ0n) is 54.2. The largest absolute Gasteiger partial charge is 0.458 e. The summed E-state index contributed by atoms with van der Waals surface area (Å²) >= 11 is 0. The Morgan fingerprint density at radius 3 is 1.56 bits per heavy atom. The third-order valence-electron chi connectivity index (χ3n) is 20.4. The first-order valence-electron chi connectivity index (χ1n) is 33.4. The Labute approximate surface area is 549 Å². The summed E-state index contributed by atoms with van der Waals surface area (Å²) < 4.78 is 26.9. The molecule has 8 heteroatoms. The van der Waals surface area contributed by atoms with Gasteiger partial charge in [0.2, 0.25) is 0 Å². The Bertz CT molecular complexity index is 5620. The van der Waals surface area contributed by atoms with Gasteiger partial charge < -0.3 is 28.4 Å². The number of ether oxygens (including phenoxy) is 1. The van der Waals surface area contributed by atoms with Gasteiger partial charge in [0.05, 0.1) is 23.8 Å². The van der Waals surface area contributed by atoms with Crippen LogP contribution in [0.1, 0.15) is 54.0 Å². The summed E-state index contributed by atoms with van der Waals surface area (Å²) in [7, 11) is 0. The molecule has 4 aliphatic rings. The first-order valence-corrected chi connectivity index (χ1v) is 32.9. The van der Waals surface area contributed by atoms with Crippen LogP contribution in [0.2, 0.25) is 0 Å². The van der Waals surface area contributed by atoms with Crippen molar-refractivity contribution in [3.05, 3.63) is 290 Å². The van der Waals surface area contributed by atoms with Gasteiger partial charge in [0, 0.05) is 84.2 Å². The highest BCUT2D eigenvalue weighted by Crippen LogP contribution is 2.53. The molecule has 19 rings (SSSR count). The molecule has 0 saturated heterocycles. The summed E-state index contributed by atoms with van der Waals surface area (Å²) in [6.45, 7) is 13.4. The lowest BCUT2D eigenvalue weighted by Crippen LogP contribution is -2.64. The zero-order chi connectivity index (χ0) is 63.8. The molecule has 0 amide bonds. The second-order valence-electron chi connectivity index (χ2n) is 27.9. The van der Waals surface area contributed by atoms with E-state index in [-0.39, 0.29) is 24.3 Å². The van der Waals surface area contributed by atoms with Crippen LogP contribution in [-0.4, -0.2) is 18.0 Å². The maximum absolute atomic E-state index is 9.72. The molecule has 0 spiro atoms. The molecular weight excluding hydrogens is 1140 g/mol. The smallest absolute Gasteiger partial charge is 0.256 e. The van der Waals surface area contributed by atoms with Gasteiger partial charge in [-0.1, -0.05) is 236 Å². The Balaban J connectivity index is 0.939. The number of hydrogen-bond donors (Lipinski definition) is 0. The van der Waals surface area contributed by atoms with E-state index in [0.29, 0.717) is 6.04 Å². The summed E-state index contributed by atoms with van der Waals surface area (Å²) in [6, 6.07) is 100. The number of furan rings is 1. The molecule has 4 aliphatic heterocycles. The van der Waals surface area contributed by atoms with Gasteiger partial charge in [-0.15, -0.1) is 0 Å². The standard InChI is InChI=1S/C86H64B2N4O2/c1-85(2,3)55-46-75-81-76(47-55)92(83-59(53-26-10-7-11-27-53)35-24-36-60(83)54-28-12-8-13-29-54)74-52-79-68(51-67(74)87(81)66-45-44-58(50-73(66)89(75)57-30-14-9-15-31-57)90-69-39-20-16-32-61(69)62-33-17-21-40-70(62)90)88-65-38-19-22-41-71(65)91(77-48-56(86(4,5)6)49-80(93-79)82(77)88)72-42-25-37-64-63-34-18-23-43-78(63)94-84(64)72/h7-52H,1-6H3/i24D. The van der Waals surface area contributed by atoms with Crippen LogP contribution in [0.3, 0.4) is 0 Å². The lowest BCUT2D eigenvalue weighted by atomic mass is 9.30. The van der Waals surface area contributed by atoms with Crippen molar-refractivity contribution in [2.75, 3.05) is 14.7 Å². The highest BCUT2D eigenvalue weighted by atomic mass is 16.5. The highest BCUT2D eigenvalue weighted by Gasteiger charge is 2.49. The molecule has 15 aromatic rings. The number of fused-ring (bicyclic) bond motifs is 14. The Morgan fingerprint density at radius 1 is 0.351 bits per heavy atom. The molecule has 0 N–H and O–H groups in total. The van der Waals surface area contributed by atoms with Gasteiger partial charge in [0.25, 0.3) is 13.4 Å². The van der Waals surface area contributed by atoms with Crippen LogP contribution in [0, 0.1) is 0 Å². The van der Waals surface area contributed by atoms with E-state index in [1.54, 1.807) is 0 Å². The first-order chi connectivity index (χ1) is 46.3. The Kier molecular flexibility index (Phi) is 11.5. The second-order valence-corrected chi connectivity index (χ2v) is 27.9. The van der Waals surface area contributed by atoms with Crippen molar-refractivity contribution < 1.29 is 10.5 Å². The van der Waals surface area contributed by atoms with Crippen LogP contribution in [0.5, 0.6) is 11.5 Å². The number of benzene rings is 13. The number of hydrogen-bond acceptors (Lipinski definition) is 5. The number of anilines is 9. The number of rotatable bonds is 6. The van der Waals surface area contributed by atoms with E-state index in [2.05, 4.69) is 334 Å². The lowest BCUT2D eigenvalue weighted by molar-refractivity contribution is 0.483. The van der Waals surface area contributed by atoms with Crippen LogP contribution < -0.4 is 52.2 Å². The summed E-state index contributed by atoms with van der Waals surface area (Å²) in [5, 5.41) is 4.62. The van der Waals surface area contributed by atoms with E-state index in [0.717, 1.165) is 135 Å². The van der Waals surface area contributed by atoms with Crippen LogP contribution in [-0.2, 0) is 10.8 Å². The third-order valence-corrected chi connectivity index (χ3v) is 20.4. The van der Waals surface area contributed by atoms with Crippen molar-refractivity contribution in [1.82, 2.24) is 4.57 Å². The second kappa shape index (κ2) is 20.1. The van der Waals surface area contributed by atoms with Crippen LogP contribution in [0.25, 0.3) is 71.7 Å². The third kappa shape index (κ3) is 7.99. The molecule has 0 saturated carbocycles. The minimum atomic E-state index is -0.292. The van der Waals surface area contributed by atoms with Crippen molar-refractivity contribution in [3.63, 3.8) is 0 Å². The Morgan fingerprint density at radius 2 is 0.883 bits per heavy atom. The summed E-state index contributed by atoms with van der Waals surface area (Å²) in [4.78, 5) is 7.57. The van der Waals surface area contributed by atoms with Gasteiger partial charge in [-0.05, 0) is 145 Å². The molecule has 0 radical (unpaired) electrons. The summed E-state index contributed by atoms with van der Waals surface area (Å²) in [5.74, 6) is 1.65. The molecule has 0 aliphatic carbocycles. The minimum Gasteiger partial charge on any atom is -0.458 e. The number of aromatic nitrogens is 1. The van der Waals surface area contributed by atoms with Gasteiger partial charge in [0.1, 0.15) is 17.1 Å². The minimum absolute atomic E-state index is 0.230. The fourth-order valence-corrected chi connectivity index (χ4v) is 16.0. The number of nitrogens with zero attached hydrogens (tertiary/aromatic N) is 4. The topological polar surface area (TPSA) is 37.0 Å². The van der Waals surface area contributed by atoms with Crippen LogP contribution >= 0.6 is 0 Å². The lowest BCUT2D eigenvalue weighted by Gasteiger charge is -2.47. The van der Waals surface area contributed by atoms with E-state index < -0.39 is 0 Å². The molecule has 13 aromatic carbocycles. The summed E-state index contributed by atoms with van der Waals surface area (Å²) in [6.07, 6.45) is 0. The molecule has 94 heavy (non-hydrogen) atoms. The van der Waals surface area contributed by atoms with Gasteiger partial charge in [-0.3, -0.25) is 0 Å². The van der Waals surface area contributed by atoms with Crippen molar-refractivity contribution in [2.45, 2.75) is 52.4 Å². The SMILES string of the molecule is [2H]c1cc(-c2ccccc2)c(N2c3cc4c(cc3B3c5ccc(-n6c7ccccc7c7ccccc76)cc5N(c5ccccc5)c5cc(C(C)(C)C)cc2c53)B2c3ccccc3N(c3cccc5c3oc3ccccc35)c3cc(C(C)(C)C)cc(c32)O4)c(-c2ccccc2)c1. The monoisotopic (exact) mass is 1210 g/mol. The predicted octanol–water partition coefficient (Wildman–Crippen LogP) is 19.1. The average Bonchev–Trinajstić information content (AvgIpc) is 1.63. The highest BCUT2D eigenvalue weighted by molar-refractivity contribution is 7.02. The maximum Gasteiger partial charge on any atom is 0.256 e. The average molecular weight is 1210 g/mol. The summed E-state index contributed by atoms with van der Waals surface area (Å²) in [5.41, 5.74) is 27.5. The van der Waals surface area contributed by atoms with Crippen molar-refractivity contribution in [3.8, 4) is 39.4 Å². The Hall–Kier alpha value is -11.2. The van der Waals surface area contributed by atoms with Crippen molar-refractivity contribution >= 4 is 141 Å². The van der Waals surface area contributed by atoms with Crippen LogP contribution in [0.15, 0.2) is 283 Å². The molecule has 2 aromatic heterocycles. The molecule has 0 unspecified atom stereocenters. The van der Waals surface area contributed by atoms with E-state index in [4.69, 9.17) is 9.15 Å². The van der Waals surface area contributed by atoms with Crippen LogP contribution in [0.4, 0.5) is 51.2 Å². The molecular formula is C86H64B2N4O2.